The lowest BCUT2D eigenvalue weighted by Crippen LogP contribution is -1.89. The fraction of sp³-hybridized carbons (Fsp3) is 0.273. The summed E-state index contributed by atoms with van der Waals surface area (Å²) in [4.78, 5) is 3.14. The van der Waals surface area contributed by atoms with Crippen molar-refractivity contribution in [3.8, 4) is 11.6 Å². The van der Waals surface area contributed by atoms with E-state index < -0.39 is 0 Å². The van der Waals surface area contributed by atoms with Crippen molar-refractivity contribution < 1.29 is 9.47 Å². The predicted octanol–water partition coefficient (Wildman–Crippen LogP) is 2.38. The molecule has 1 heterocycles. The maximum atomic E-state index is 5.37. The number of nitrogens with one attached hydrogen (secondary N) is 1. The standard InChI is InChI=1S/C11H12NO2/c1-3-14-11-7-8-9(12-11)5-4-6-10(8)13-2/h5-7,12H,3H2,1-2H3. The van der Waals surface area contributed by atoms with Crippen LogP contribution >= 0.6 is 0 Å². The van der Waals surface area contributed by atoms with Crippen LogP contribution in [0.25, 0.3) is 10.9 Å². The van der Waals surface area contributed by atoms with Gasteiger partial charge in [0.1, 0.15) is 5.75 Å². The van der Waals surface area contributed by atoms with Crippen LogP contribution in [0, 0.1) is 6.07 Å². The van der Waals surface area contributed by atoms with Gasteiger partial charge >= 0.3 is 0 Å². The first-order chi connectivity index (χ1) is 6.85. The Morgan fingerprint density at radius 3 is 3.00 bits per heavy atom. The van der Waals surface area contributed by atoms with Crippen LogP contribution in [0.15, 0.2) is 18.2 Å². The molecule has 1 N–H and O–H groups in total. The summed E-state index contributed by atoms with van der Waals surface area (Å²) in [6.45, 7) is 2.60. The zero-order valence-corrected chi connectivity index (χ0v) is 8.26. The molecule has 0 spiro atoms. The largest absolute Gasteiger partial charge is 0.496 e. The maximum Gasteiger partial charge on any atom is 0.191 e. The van der Waals surface area contributed by atoms with E-state index in [1.165, 1.54) is 0 Å². The van der Waals surface area contributed by atoms with Crippen molar-refractivity contribution >= 4 is 10.9 Å². The van der Waals surface area contributed by atoms with Crippen molar-refractivity contribution in [1.82, 2.24) is 4.98 Å². The van der Waals surface area contributed by atoms with Crippen LogP contribution in [0.3, 0.4) is 0 Å². The first-order valence-electron chi connectivity index (χ1n) is 4.54. The number of benzene rings is 1. The van der Waals surface area contributed by atoms with Gasteiger partial charge in [0.05, 0.1) is 19.2 Å². The summed E-state index contributed by atoms with van der Waals surface area (Å²) in [6, 6.07) is 8.62. The van der Waals surface area contributed by atoms with Crippen LogP contribution in [-0.2, 0) is 0 Å². The second-order valence-corrected chi connectivity index (χ2v) is 2.92. The molecule has 0 unspecified atom stereocenters. The summed E-state index contributed by atoms with van der Waals surface area (Å²) < 4.78 is 10.6. The van der Waals surface area contributed by atoms with E-state index in [1.807, 2.05) is 25.1 Å². The Morgan fingerprint density at radius 2 is 2.29 bits per heavy atom. The molecule has 1 aromatic heterocycles. The molecule has 0 aliphatic rings. The van der Waals surface area contributed by atoms with Gasteiger partial charge in [0.15, 0.2) is 5.88 Å². The SMILES string of the molecule is CCOc1cc2c(OC)c[c]cc2[nH]1. The molecule has 73 valence electrons. The normalized spacial score (nSPS) is 10.4. The number of hydrogen-bond donors (Lipinski definition) is 1. The third-order valence-electron chi connectivity index (χ3n) is 2.05. The van der Waals surface area contributed by atoms with E-state index in [0.29, 0.717) is 6.61 Å². The van der Waals surface area contributed by atoms with Gasteiger partial charge in [-0.3, -0.25) is 0 Å². The van der Waals surface area contributed by atoms with Gasteiger partial charge in [0.25, 0.3) is 0 Å². The Bertz CT molecular complexity index is 434. The Labute approximate surface area is 82.6 Å². The monoisotopic (exact) mass is 190 g/mol. The molecule has 0 amide bonds. The lowest BCUT2D eigenvalue weighted by Gasteiger charge is -1.98. The van der Waals surface area contributed by atoms with Crippen LogP contribution in [0.2, 0.25) is 0 Å². The molecule has 3 heteroatoms. The van der Waals surface area contributed by atoms with Gasteiger partial charge in [-0.15, -0.1) is 0 Å². The van der Waals surface area contributed by atoms with Crippen molar-refractivity contribution in [1.29, 1.82) is 0 Å². The molecule has 0 saturated carbocycles. The molecule has 0 saturated heterocycles. The first-order valence-corrected chi connectivity index (χ1v) is 4.54. The molecular weight excluding hydrogens is 178 g/mol. The number of aromatic nitrogens is 1. The van der Waals surface area contributed by atoms with E-state index in [1.54, 1.807) is 7.11 Å². The number of hydrogen-bond acceptors (Lipinski definition) is 2. The van der Waals surface area contributed by atoms with Gasteiger partial charge < -0.3 is 14.5 Å². The lowest BCUT2D eigenvalue weighted by atomic mass is 10.2. The van der Waals surface area contributed by atoms with Crippen LogP contribution in [0.1, 0.15) is 6.92 Å². The minimum absolute atomic E-state index is 0.652. The molecule has 0 bridgehead atoms. The zero-order valence-electron chi connectivity index (χ0n) is 8.26. The van der Waals surface area contributed by atoms with E-state index >= 15 is 0 Å². The fourth-order valence-corrected chi connectivity index (χ4v) is 1.44. The lowest BCUT2D eigenvalue weighted by molar-refractivity contribution is 0.329. The van der Waals surface area contributed by atoms with E-state index in [9.17, 15) is 0 Å². The zero-order chi connectivity index (χ0) is 9.97. The van der Waals surface area contributed by atoms with Crippen LogP contribution < -0.4 is 9.47 Å². The average Bonchev–Trinajstić information content (AvgIpc) is 2.60. The first kappa shape index (κ1) is 8.94. The Hall–Kier alpha value is -1.64. The predicted molar refractivity (Wildman–Crippen MR) is 54.9 cm³/mol. The van der Waals surface area contributed by atoms with E-state index in [0.717, 1.165) is 22.5 Å². The highest BCUT2D eigenvalue weighted by molar-refractivity contribution is 5.87. The smallest absolute Gasteiger partial charge is 0.191 e. The summed E-state index contributed by atoms with van der Waals surface area (Å²) in [5, 5.41) is 1.02. The van der Waals surface area contributed by atoms with Crippen molar-refractivity contribution in [3.63, 3.8) is 0 Å². The Morgan fingerprint density at radius 1 is 1.43 bits per heavy atom. The molecule has 2 aromatic rings. The Kier molecular flexibility index (Phi) is 2.31. The second kappa shape index (κ2) is 3.62. The summed E-state index contributed by atoms with van der Waals surface area (Å²) in [7, 11) is 1.65. The van der Waals surface area contributed by atoms with Gasteiger partial charge in [0, 0.05) is 11.5 Å². The number of methoxy groups -OCH3 is 1. The highest BCUT2D eigenvalue weighted by Crippen LogP contribution is 2.28. The number of aromatic amines is 1. The van der Waals surface area contributed by atoms with Gasteiger partial charge in [-0.2, -0.15) is 0 Å². The van der Waals surface area contributed by atoms with E-state index in [2.05, 4.69) is 11.1 Å². The molecule has 14 heavy (non-hydrogen) atoms. The van der Waals surface area contributed by atoms with Crippen molar-refractivity contribution in [2.45, 2.75) is 6.92 Å². The molecule has 3 nitrogen and oxygen atoms in total. The Balaban J connectivity index is 2.52. The number of H-pyrrole nitrogens is 1. The molecule has 1 radical (unpaired) electrons. The van der Waals surface area contributed by atoms with Crippen LogP contribution in [-0.4, -0.2) is 18.7 Å². The molecular formula is C11H12NO2. The second-order valence-electron chi connectivity index (χ2n) is 2.92. The van der Waals surface area contributed by atoms with Gasteiger partial charge in [0.2, 0.25) is 0 Å². The maximum absolute atomic E-state index is 5.37. The van der Waals surface area contributed by atoms with E-state index in [-0.39, 0.29) is 0 Å². The van der Waals surface area contributed by atoms with Crippen LogP contribution in [0.4, 0.5) is 0 Å². The average molecular weight is 190 g/mol. The van der Waals surface area contributed by atoms with Gasteiger partial charge in [-0.1, -0.05) is 0 Å². The summed E-state index contributed by atoms with van der Waals surface area (Å²) >= 11 is 0. The van der Waals surface area contributed by atoms with Crippen molar-refractivity contribution in [3.05, 3.63) is 24.3 Å². The minimum atomic E-state index is 0.652. The van der Waals surface area contributed by atoms with Crippen molar-refractivity contribution in [2.24, 2.45) is 0 Å². The highest BCUT2D eigenvalue weighted by Gasteiger charge is 2.05. The topological polar surface area (TPSA) is 34.2 Å². The highest BCUT2D eigenvalue weighted by atomic mass is 16.5. The summed E-state index contributed by atoms with van der Waals surface area (Å²) in [6.07, 6.45) is 0. The quantitative estimate of drug-likeness (QED) is 0.806. The number of ether oxygens (including phenoxy) is 2. The summed E-state index contributed by atoms with van der Waals surface area (Å²) in [5.74, 6) is 1.57. The van der Waals surface area contributed by atoms with Crippen LogP contribution in [0.5, 0.6) is 11.6 Å². The molecule has 0 aliphatic carbocycles. The van der Waals surface area contributed by atoms with Crippen molar-refractivity contribution in [2.75, 3.05) is 13.7 Å². The van der Waals surface area contributed by atoms with E-state index in [4.69, 9.17) is 9.47 Å². The third kappa shape index (κ3) is 1.41. The molecule has 1 aromatic carbocycles. The fourth-order valence-electron chi connectivity index (χ4n) is 1.44. The minimum Gasteiger partial charge on any atom is -0.496 e. The summed E-state index contributed by atoms with van der Waals surface area (Å²) in [5.41, 5.74) is 0.979. The molecule has 0 aliphatic heterocycles. The third-order valence-corrected chi connectivity index (χ3v) is 2.05. The van der Waals surface area contributed by atoms with Gasteiger partial charge in [-0.05, 0) is 25.1 Å². The number of rotatable bonds is 3. The van der Waals surface area contributed by atoms with Gasteiger partial charge in [-0.25, -0.2) is 0 Å². The molecule has 2 rings (SSSR count). The molecule has 0 fully saturated rings. The molecule has 0 atom stereocenters. The number of fused-ring (bicyclic) bond motifs is 1.